The zero-order valence-corrected chi connectivity index (χ0v) is 16.4. The Bertz CT molecular complexity index is 896. The van der Waals surface area contributed by atoms with Crippen molar-refractivity contribution in [1.82, 2.24) is 5.32 Å². The van der Waals surface area contributed by atoms with Crippen LogP contribution in [0, 0.1) is 5.92 Å². The first-order chi connectivity index (χ1) is 13.5. The molecule has 0 spiro atoms. The maximum atomic E-state index is 12.4. The van der Waals surface area contributed by atoms with Gasteiger partial charge < -0.3 is 15.2 Å². The Balaban J connectivity index is 1.81. The number of benzene rings is 2. The first-order valence-corrected chi connectivity index (χ1v) is 9.57. The van der Waals surface area contributed by atoms with Gasteiger partial charge in [-0.3, -0.25) is 9.63 Å². The van der Waals surface area contributed by atoms with Gasteiger partial charge in [-0.25, -0.2) is 5.06 Å². The Hall–Kier alpha value is -2.57. The van der Waals surface area contributed by atoms with Gasteiger partial charge in [0.25, 0.3) is 5.91 Å². The van der Waals surface area contributed by atoms with Gasteiger partial charge in [0.15, 0.2) is 0 Å². The summed E-state index contributed by atoms with van der Waals surface area (Å²) in [6.07, 6.45) is 0. The lowest BCUT2D eigenvalue weighted by atomic mass is 9.65. The van der Waals surface area contributed by atoms with Gasteiger partial charge in [-0.1, -0.05) is 32.0 Å². The molecule has 148 valence electrons. The Labute approximate surface area is 165 Å². The Morgan fingerprint density at radius 3 is 2.86 bits per heavy atom. The van der Waals surface area contributed by atoms with Crippen LogP contribution < -0.4 is 15.1 Å². The molecule has 2 aromatic rings. The fraction of sp³-hybridized carbons (Fsp3) is 0.409. The minimum atomic E-state index is -0.226. The van der Waals surface area contributed by atoms with E-state index < -0.39 is 0 Å². The smallest absolute Gasteiger partial charge is 0.251 e. The van der Waals surface area contributed by atoms with Crippen LogP contribution in [-0.2, 0) is 10.3 Å². The zero-order chi connectivity index (χ0) is 19.9. The average molecular weight is 382 g/mol. The predicted octanol–water partition coefficient (Wildman–Crippen LogP) is 2.82. The number of carbonyl (C=O) groups is 1. The number of hydroxylamine groups is 1. The standard InChI is InChI=1S/C22H26N2O4/c1-22(2)16-12-14(21(26)23-10-11-25)8-9-18(16)24(27-3)20-15-6-4-5-7-19(15)28-13-17(20)22/h4-9,12,17,20,25H,10-11,13H2,1-3H3,(H,23,26)/t17-,20+/m0/s1. The highest BCUT2D eigenvalue weighted by Gasteiger charge is 2.50. The molecule has 0 saturated carbocycles. The Morgan fingerprint density at radius 1 is 1.32 bits per heavy atom. The van der Waals surface area contributed by atoms with E-state index in [1.807, 2.05) is 35.4 Å². The van der Waals surface area contributed by atoms with E-state index in [1.54, 1.807) is 13.2 Å². The quantitative estimate of drug-likeness (QED) is 0.851. The number of ether oxygens (including phenoxy) is 1. The van der Waals surface area contributed by atoms with Gasteiger partial charge in [-0.15, -0.1) is 0 Å². The minimum Gasteiger partial charge on any atom is -0.493 e. The van der Waals surface area contributed by atoms with Gasteiger partial charge >= 0.3 is 0 Å². The third-order valence-electron chi connectivity index (χ3n) is 6.00. The van der Waals surface area contributed by atoms with Crippen molar-refractivity contribution in [3.05, 3.63) is 59.2 Å². The van der Waals surface area contributed by atoms with E-state index in [2.05, 4.69) is 25.2 Å². The van der Waals surface area contributed by atoms with E-state index in [1.165, 1.54) is 0 Å². The van der Waals surface area contributed by atoms with Crippen molar-refractivity contribution in [3.63, 3.8) is 0 Å². The molecule has 0 saturated heterocycles. The molecule has 28 heavy (non-hydrogen) atoms. The van der Waals surface area contributed by atoms with Gasteiger partial charge in [0.2, 0.25) is 0 Å². The molecule has 2 heterocycles. The van der Waals surface area contributed by atoms with Crippen LogP contribution >= 0.6 is 0 Å². The topological polar surface area (TPSA) is 71.0 Å². The van der Waals surface area contributed by atoms with Gasteiger partial charge in [0, 0.05) is 29.0 Å². The van der Waals surface area contributed by atoms with E-state index >= 15 is 0 Å². The number of amides is 1. The van der Waals surface area contributed by atoms with Crippen LogP contribution in [0.5, 0.6) is 5.75 Å². The molecule has 1 amide bonds. The predicted molar refractivity (Wildman–Crippen MR) is 107 cm³/mol. The molecule has 6 nitrogen and oxygen atoms in total. The van der Waals surface area contributed by atoms with E-state index in [-0.39, 0.29) is 36.4 Å². The van der Waals surface area contributed by atoms with Crippen molar-refractivity contribution >= 4 is 11.6 Å². The summed E-state index contributed by atoms with van der Waals surface area (Å²) in [6, 6.07) is 13.8. The van der Waals surface area contributed by atoms with Crippen LogP contribution in [0.15, 0.2) is 42.5 Å². The second-order valence-electron chi connectivity index (χ2n) is 7.84. The summed E-state index contributed by atoms with van der Waals surface area (Å²) >= 11 is 0. The molecule has 0 aliphatic carbocycles. The summed E-state index contributed by atoms with van der Waals surface area (Å²) < 4.78 is 6.08. The van der Waals surface area contributed by atoms with Crippen molar-refractivity contribution in [2.75, 3.05) is 31.9 Å². The van der Waals surface area contributed by atoms with Crippen molar-refractivity contribution in [2.45, 2.75) is 25.3 Å². The molecule has 0 fully saturated rings. The highest BCUT2D eigenvalue weighted by Crippen LogP contribution is 2.55. The maximum Gasteiger partial charge on any atom is 0.251 e. The SMILES string of the molecule is CON1c2ccc(C(=O)NCCO)cc2C(C)(C)[C@H]2COc3ccccc3[C@H]21. The Morgan fingerprint density at radius 2 is 2.11 bits per heavy atom. The second kappa shape index (κ2) is 7.11. The first kappa shape index (κ1) is 18.8. The van der Waals surface area contributed by atoms with E-state index in [0.717, 1.165) is 22.6 Å². The minimum absolute atomic E-state index is 0.0338. The highest BCUT2D eigenvalue weighted by molar-refractivity contribution is 5.95. The van der Waals surface area contributed by atoms with Gasteiger partial charge in [0.1, 0.15) is 5.75 Å². The average Bonchev–Trinajstić information content (AvgIpc) is 2.72. The summed E-state index contributed by atoms with van der Waals surface area (Å²) in [7, 11) is 1.68. The molecule has 2 aromatic carbocycles. The van der Waals surface area contributed by atoms with E-state index in [0.29, 0.717) is 12.2 Å². The molecule has 2 atom stereocenters. The first-order valence-electron chi connectivity index (χ1n) is 9.57. The van der Waals surface area contributed by atoms with Crippen molar-refractivity contribution in [3.8, 4) is 5.75 Å². The summed E-state index contributed by atoms with van der Waals surface area (Å²) in [5, 5.41) is 13.6. The molecule has 4 rings (SSSR count). The lowest BCUT2D eigenvalue weighted by Gasteiger charge is -2.52. The third kappa shape index (κ3) is 2.84. The van der Waals surface area contributed by atoms with Crippen LogP contribution in [0.2, 0.25) is 0 Å². The molecule has 6 heteroatoms. The number of rotatable bonds is 4. The number of para-hydroxylation sites is 1. The highest BCUT2D eigenvalue weighted by atomic mass is 16.7. The number of aliphatic hydroxyl groups excluding tert-OH is 1. The normalized spacial score (nSPS) is 21.8. The number of nitrogens with one attached hydrogen (secondary N) is 1. The summed E-state index contributed by atoms with van der Waals surface area (Å²) in [4.78, 5) is 18.3. The molecule has 0 bridgehead atoms. The fourth-order valence-electron chi connectivity index (χ4n) is 4.46. The monoisotopic (exact) mass is 382 g/mol. The number of hydrogen-bond acceptors (Lipinski definition) is 5. The van der Waals surface area contributed by atoms with Gasteiger partial charge in [-0.05, 0) is 29.8 Å². The lowest BCUT2D eigenvalue weighted by Crippen LogP contribution is -2.51. The number of fused-ring (bicyclic) bond motifs is 4. The number of aliphatic hydroxyl groups is 1. The number of nitrogens with zero attached hydrogens (tertiary/aromatic N) is 1. The second-order valence-corrected chi connectivity index (χ2v) is 7.84. The summed E-state index contributed by atoms with van der Waals surface area (Å²) in [5.41, 5.74) is 3.48. The van der Waals surface area contributed by atoms with Crippen LogP contribution in [0.1, 0.15) is 41.4 Å². The molecule has 2 aliphatic heterocycles. The van der Waals surface area contributed by atoms with Crippen LogP contribution in [-0.4, -0.2) is 37.9 Å². The summed E-state index contributed by atoms with van der Waals surface area (Å²) in [5.74, 6) is 0.861. The van der Waals surface area contributed by atoms with Crippen molar-refractivity contribution in [2.24, 2.45) is 5.92 Å². The Kier molecular flexibility index (Phi) is 4.77. The van der Waals surface area contributed by atoms with Gasteiger partial charge in [0.05, 0.1) is 32.1 Å². The van der Waals surface area contributed by atoms with Crippen LogP contribution in [0.25, 0.3) is 0 Å². The number of hydrogen-bond donors (Lipinski definition) is 2. The fourth-order valence-corrected chi connectivity index (χ4v) is 4.46. The molecule has 0 unspecified atom stereocenters. The third-order valence-corrected chi connectivity index (χ3v) is 6.00. The number of anilines is 1. The van der Waals surface area contributed by atoms with E-state index in [4.69, 9.17) is 14.7 Å². The molecule has 0 radical (unpaired) electrons. The summed E-state index contributed by atoms with van der Waals surface area (Å²) in [6.45, 7) is 5.13. The molecular formula is C22H26N2O4. The van der Waals surface area contributed by atoms with Crippen molar-refractivity contribution in [1.29, 1.82) is 0 Å². The van der Waals surface area contributed by atoms with Gasteiger partial charge in [-0.2, -0.15) is 0 Å². The molecular weight excluding hydrogens is 356 g/mol. The molecule has 2 N–H and O–H groups in total. The molecule has 2 aliphatic rings. The van der Waals surface area contributed by atoms with Crippen LogP contribution in [0.4, 0.5) is 5.69 Å². The molecule has 0 aromatic heterocycles. The van der Waals surface area contributed by atoms with Crippen molar-refractivity contribution < 1.29 is 19.5 Å². The maximum absolute atomic E-state index is 12.4. The van der Waals surface area contributed by atoms with Crippen LogP contribution in [0.3, 0.4) is 0 Å². The lowest BCUT2D eigenvalue weighted by molar-refractivity contribution is 0.0441. The number of carbonyl (C=O) groups excluding carboxylic acids is 1. The largest absolute Gasteiger partial charge is 0.493 e. The zero-order valence-electron chi connectivity index (χ0n) is 16.4. The van der Waals surface area contributed by atoms with E-state index in [9.17, 15) is 4.79 Å².